The van der Waals surface area contributed by atoms with Crippen molar-refractivity contribution in [3.8, 4) is 0 Å². The molecule has 0 aromatic rings. The van der Waals surface area contributed by atoms with Crippen LogP contribution in [0, 0.1) is 5.92 Å². The fourth-order valence-electron chi connectivity index (χ4n) is 3.19. The van der Waals surface area contributed by atoms with Gasteiger partial charge in [0, 0.05) is 45.8 Å². The number of likely N-dealkylation sites (N-methyl/N-ethyl adjacent to an activating group) is 1. The van der Waals surface area contributed by atoms with Crippen LogP contribution in [0.5, 0.6) is 0 Å². The van der Waals surface area contributed by atoms with Gasteiger partial charge in [-0.3, -0.25) is 19.2 Å². The average Bonchev–Trinajstić information content (AvgIpc) is 2.63. The lowest BCUT2D eigenvalue weighted by Crippen LogP contribution is -2.57. The van der Waals surface area contributed by atoms with Gasteiger partial charge in [0.15, 0.2) is 0 Å². The summed E-state index contributed by atoms with van der Waals surface area (Å²) in [4.78, 5) is 53.0. The molecule has 0 bridgehead atoms. The zero-order chi connectivity index (χ0) is 18.4. The van der Waals surface area contributed by atoms with Crippen molar-refractivity contribution in [3.63, 3.8) is 0 Å². The Morgan fingerprint density at radius 1 is 1.15 bits per heavy atom. The van der Waals surface area contributed by atoms with Gasteiger partial charge < -0.3 is 25.8 Å². The van der Waals surface area contributed by atoms with Crippen LogP contribution in [0.2, 0.25) is 0 Å². The molecule has 2 fully saturated rings. The van der Waals surface area contributed by atoms with Gasteiger partial charge in [-0.1, -0.05) is 0 Å². The largest absolute Gasteiger partial charge is 0.355 e. The maximum atomic E-state index is 12.5. The molecule has 148 valence electrons. The number of likely N-dealkylation sites (tertiary alicyclic amines) is 1. The summed E-state index contributed by atoms with van der Waals surface area (Å²) >= 11 is 0. The van der Waals surface area contributed by atoms with Crippen molar-refractivity contribution in [2.24, 2.45) is 11.7 Å². The van der Waals surface area contributed by atoms with Gasteiger partial charge in [-0.2, -0.15) is 0 Å². The molecule has 3 N–H and O–H groups in total. The number of carbonyl (C=O) groups excluding carboxylic acids is 4. The second-order valence-electron chi connectivity index (χ2n) is 6.37. The molecule has 1 atom stereocenters. The molecule has 9 nitrogen and oxygen atoms in total. The van der Waals surface area contributed by atoms with E-state index in [4.69, 9.17) is 5.73 Å². The lowest BCUT2D eigenvalue weighted by atomic mass is 9.97. The molecule has 1 unspecified atom stereocenters. The molecule has 2 rings (SSSR count). The Hall–Kier alpha value is -1.87. The monoisotopic (exact) mass is 389 g/mol. The number of nitrogens with one attached hydrogen (secondary N) is 1. The zero-order valence-corrected chi connectivity index (χ0v) is 15.9. The van der Waals surface area contributed by atoms with Gasteiger partial charge in [-0.25, -0.2) is 0 Å². The second kappa shape index (κ2) is 10.3. The number of carbonyl (C=O) groups is 4. The quantitative estimate of drug-likeness (QED) is 0.531. The predicted octanol–water partition coefficient (Wildman–Crippen LogP) is -1.59. The minimum atomic E-state index is -0.629. The number of rotatable bonds is 6. The third kappa shape index (κ3) is 5.31. The van der Waals surface area contributed by atoms with Crippen molar-refractivity contribution in [2.75, 3.05) is 52.4 Å². The summed E-state index contributed by atoms with van der Waals surface area (Å²) < 4.78 is 0. The number of halogens is 1. The Kier molecular flexibility index (Phi) is 8.80. The number of hydrogen-bond acceptors (Lipinski definition) is 5. The van der Waals surface area contributed by atoms with E-state index in [-0.39, 0.29) is 36.7 Å². The van der Waals surface area contributed by atoms with Crippen molar-refractivity contribution >= 4 is 36.0 Å². The molecule has 2 heterocycles. The summed E-state index contributed by atoms with van der Waals surface area (Å²) in [6.45, 7) is 4.69. The molecule has 26 heavy (non-hydrogen) atoms. The van der Waals surface area contributed by atoms with Crippen LogP contribution in [-0.4, -0.2) is 90.7 Å². The van der Waals surface area contributed by atoms with E-state index in [1.54, 1.807) is 4.90 Å². The molecule has 0 spiro atoms. The van der Waals surface area contributed by atoms with Crippen LogP contribution in [0.25, 0.3) is 0 Å². The number of piperazine rings is 1. The molecule has 0 aromatic heterocycles. The minimum Gasteiger partial charge on any atom is -0.355 e. The minimum absolute atomic E-state index is 0. The number of amides is 4. The smallest absolute Gasteiger partial charge is 0.312 e. The normalized spacial score (nSPS) is 20.7. The molecule has 0 saturated carbocycles. The summed E-state index contributed by atoms with van der Waals surface area (Å²) in [6.07, 6.45) is 1.47. The van der Waals surface area contributed by atoms with E-state index in [0.29, 0.717) is 45.8 Å². The molecule has 0 radical (unpaired) electrons. The first-order valence-corrected chi connectivity index (χ1v) is 8.81. The molecule has 0 aliphatic carbocycles. The highest BCUT2D eigenvalue weighted by molar-refractivity contribution is 6.35. The van der Waals surface area contributed by atoms with E-state index in [1.165, 1.54) is 9.80 Å². The molecule has 2 saturated heterocycles. The lowest BCUT2D eigenvalue weighted by Gasteiger charge is -2.36. The molecule has 2 aliphatic rings. The van der Waals surface area contributed by atoms with Gasteiger partial charge in [0.25, 0.3) is 0 Å². The van der Waals surface area contributed by atoms with Crippen LogP contribution >= 0.6 is 12.4 Å². The van der Waals surface area contributed by atoms with Crippen LogP contribution in [0.4, 0.5) is 0 Å². The highest BCUT2D eigenvalue weighted by atomic mass is 35.5. The highest BCUT2D eigenvalue weighted by Crippen LogP contribution is 2.17. The fraction of sp³-hybridized carbons (Fsp3) is 0.750. The molecular formula is C16H28ClN5O4. The van der Waals surface area contributed by atoms with E-state index >= 15 is 0 Å². The summed E-state index contributed by atoms with van der Waals surface area (Å²) in [6, 6.07) is 0. The van der Waals surface area contributed by atoms with E-state index in [0.717, 1.165) is 12.8 Å². The Bertz CT molecular complexity index is 545. The Morgan fingerprint density at radius 3 is 2.46 bits per heavy atom. The standard InChI is InChI=1S/C16H27N5O4.ClH/c1-2-19-8-9-21(16(25)15(19)24)11-13(22)20-7-3-4-12(10-20)14(23)18-6-5-17;/h12H,2-11,17H2,1H3,(H,18,23);1H. The van der Waals surface area contributed by atoms with E-state index in [2.05, 4.69) is 5.32 Å². The summed E-state index contributed by atoms with van der Waals surface area (Å²) in [5.74, 6) is -1.75. The van der Waals surface area contributed by atoms with Crippen LogP contribution in [0.15, 0.2) is 0 Å². The van der Waals surface area contributed by atoms with Gasteiger partial charge in [-0.15, -0.1) is 12.4 Å². The van der Waals surface area contributed by atoms with Gasteiger partial charge in [-0.05, 0) is 19.8 Å². The highest BCUT2D eigenvalue weighted by Gasteiger charge is 2.34. The molecule has 10 heteroatoms. The summed E-state index contributed by atoms with van der Waals surface area (Å²) in [7, 11) is 0. The maximum absolute atomic E-state index is 12.5. The zero-order valence-electron chi connectivity index (χ0n) is 15.1. The fourth-order valence-corrected chi connectivity index (χ4v) is 3.19. The molecule has 4 amide bonds. The van der Waals surface area contributed by atoms with E-state index in [9.17, 15) is 19.2 Å². The van der Waals surface area contributed by atoms with Crippen LogP contribution in [0.3, 0.4) is 0 Å². The van der Waals surface area contributed by atoms with Gasteiger partial charge in [0.05, 0.1) is 5.92 Å². The molecule has 2 aliphatic heterocycles. The van der Waals surface area contributed by atoms with Gasteiger partial charge >= 0.3 is 11.8 Å². The van der Waals surface area contributed by atoms with Gasteiger partial charge in [0.2, 0.25) is 11.8 Å². The van der Waals surface area contributed by atoms with Crippen molar-refractivity contribution in [3.05, 3.63) is 0 Å². The summed E-state index contributed by atoms with van der Waals surface area (Å²) in [5.41, 5.74) is 5.38. The first-order chi connectivity index (χ1) is 12.0. The SMILES string of the molecule is CCN1CCN(CC(=O)N2CCCC(C(=O)NCCN)C2)C(=O)C1=O.Cl. The first kappa shape index (κ1) is 22.2. The molecular weight excluding hydrogens is 362 g/mol. The van der Waals surface area contributed by atoms with Gasteiger partial charge in [0.1, 0.15) is 6.54 Å². The van der Waals surface area contributed by atoms with Crippen molar-refractivity contribution in [1.29, 1.82) is 0 Å². The summed E-state index contributed by atoms with van der Waals surface area (Å²) in [5, 5.41) is 2.75. The van der Waals surface area contributed by atoms with Crippen LogP contribution in [0.1, 0.15) is 19.8 Å². The number of nitrogens with two attached hydrogens (primary N) is 1. The van der Waals surface area contributed by atoms with Crippen molar-refractivity contribution < 1.29 is 19.2 Å². The third-order valence-electron chi connectivity index (χ3n) is 4.69. The Balaban J connectivity index is 0.00000338. The predicted molar refractivity (Wildman–Crippen MR) is 97.5 cm³/mol. The average molecular weight is 390 g/mol. The maximum Gasteiger partial charge on any atom is 0.312 e. The van der Waals surface area contributed by atoms with Crippen LogP contribution < -0.4 is 11.1 Å². The third-order valence-corrected chi connectivity index (χ3v) is 4.69. The van der Waals surface area contributed by atoms with E-state index in [1.807, 2.05) is 6.92 Å². The lowest BCUT2D eigenvalue weighted by molar-refractivity contribution is -0.157. The van der Waals surface area contributed by atoms with E-state index < -0.39 is 11.8 Å². The van der Waals surface area contributed by atoms with Crippen molar-refractivity contribution in [1.82, 2.24) is 20.0 Å². The second-order valence-corrected chi connectivity index (χ2v) is 6.37. The number of hydrogen-bond donors (Lipinski definition) is 2. The molecule has 0 aromatic carbocycles. The van der Waals surface area contributed by atoms with Crippen molar-refractivity contribution in [2.45, 2.75) is 19.8 Å². The first-order valence-electron chi connectivity index (χ1n) is 8.81. The van der Waals surface area contributed by atoms with Crippen LogP contribution in [-0.2, 0) is 19.2 Å². The Labute approximate surface area is 159 Å². The number of nitrogens with zero attached hydrogens (tertiary/aromatic N) is 3. The number of piperidine rings is 1. The Morgan fingerprint density at radius 2 is 1.81 bits per heavy atom. The topological polar surface area (TPSA) is 116 Å².